The van der Waals surface area contributed by atoms with Crippen molar-refractivity contribution in [3.63, 3.8) is 0 Å². The Kier molecular flexibility index (Phi) is 8.10. The lowest BCUT2D eigenvalue weighted by molar-refractivity contribution is -0.275. The van der Waals surface area contributed by atoms with Gasteiger partial charge in [0, 0.05) is 17.4 Å². The van der Waals surface area contributed by atoms with E-state index in [1.54, 1.807) is 0 Å². The van der Waals surface area contributed by atoms with Gasteiger partial charge in [-0.05, 0) is 31.4 Å². The predicted molar refractivity (Wildman–Crippen MR) is 99.1 cm³/mol. The molecule has 168 valence electrons. The zero-order chi connectivity index (χ0) is 21.6. The van der Waals surface area contributed by atoms with E-state index in [-0.39, 0.29) is 18.1 Å². The molecule has 0 unspecified atom stereocenters. The number of rotatable bonds is 7. The highest BCUT2D eigenvalue weighted by Crippen LogP contribution is 2.32. The summed E-state index contributed by atoms with van der Waals surface area (Å²) in [4.78, 5) is 0. The average Bonchev–Trinajstić information content (AvgIpc) is 2.72. The standard InChI is InChI=1S/C21H26F4O5/c1-2-3-4-14-10-26-19(27-11-14)8-5-15-12-28-20(29-13-15)16-6-7-18(17(22)9-16)30-21(23,24)25/h3-4,6-7,9,14-15,19-20H,2,5,8,10-13H2,1H3/b4-3+. The molecular formula is C21H26F4O5. The van der Waals surface area contributed by atoms with Gasteiger partial charge in [0.1, 0.15) is 0 Å². The fourth-order valence-electron chi connectivity index (χ4n) is 3.31. The van der Waals surface area contributed by atoms with Crippen LogP contribution in [0.25, 0.3) is 0 Å². The molecule has 1 aromatic carbocycles. The van der Waals surface area contributed by atoms with E-state index in [0.717, 1.165) is 25.0 Å². The Balaban J connectivity index is 1.40. The number of ether oxygens (including phenoxy) is 5. The molecule has 0 N–H and O–H groups in total. The highest BCUT2D eigenvalue weighted by molar-refractivity contribution is 5.30. The summed E-state index contributed by atoms with van der Waals surface area (Å²) < 4.78 is 76.9. The molecule has 3 rings (SSSR count). The Hall–Kier alpha value is -1.68. The number of hydrogen-bond acceptors (Lipinski definition) is 5. The van der Waals surface area contributed by atoms with Crippen molar-refractivity contribution in [1.29, 1.82) is 0 Å². The zero-order valence-corrected chi connectivity index (χ0v) is 16.7. The summed E-state index contributed by atoms with van der Waals surface area (Å²) in [6, 6.07) is 3.14. The third kappa shape index (κ3) is 6.94. The van der Waals surface area contributed by atoms with Crippen LogP contribution in [0, 0.1) is 17.7 Å². The lowest BCUT2D eigenvalue weighted by Crippen LogP contribution is -2.33. The van der Waals surface area contributed by atoms with E-state index in [1.165, 1.54) is 6.07 Å². The summed E-state index contributed by atoms with van der Waals surface area (Å²) in [5.41, 5.74) is 0.297. The second-order valence-electron chi connectivity index (χ2n) is 7.37. The smallest absolute Gasteiger partial charge is 0.403 e. The molecule has 2 aliphatic heterocycles. The van der Waals surface area contributed by atoms with E-state index in [0.29, 0.717) is 38.4 Å². The Morgan fingerprint density at radius 1 is 1.03 bits per heavy atom. The summed E-state index contributed by atoms with van der Waals surface area (Å²) in [5, 5.41) is 0. The fraction of sp³-hybridized carbons (Fsp3) is 0.619. The van der Waals surface area contributed by atoms with Crippen molar-refractivity contribution in [3.8, 4) is 5.75 Å². The SMILES string of the molecule is CC/C=C/C1COC(CCC2COC(c3ccc(OC(F)(F)F)c(F)c3)OC2)OC1. The van der Waals surface area contributed by atoms with Crippen LogP contribution < -0.4 is 4.74 Å². The summed E-state index contributed by atoms with van der Waals surface area (Å²) in [6.07, 6.45) is 0.669. The molecule has 9 heteroatoms. The quantitative estimate of drug-likeness (QED) is 0.440. The van der Waals surface area contributed by atoms with Gasteiger partial charge in [-0.15, -0.1) is 13.2 Å². The lowest BCUT2D eigenvalue weighted by Gasteiger charge is -2.32. The van der Waals surface area contributed by atoms with Crippen LogP contribution in [0.2, 0.25) is 0 Å². The van der Waals surface area contributed by atoms with Crippen LogP contribution >= 0.6 is 0 Å². The molecule has 0 atom stereocenters. The predicted octanol–water partition coefficient (Wildman–Crippen LogP) is 5.12. The van der Waals surface area contributed by atoms with Crippen LogP contribution in [0.4, 0.5) is 17.6 Å². The van der Waals surface area contributed by atoms with Gasteiger partial charge >= 0.3 is 6.36 Å². The Morgan fingerprint density at radius 3 is 2.33 bits per heavy atom. The highest BCUT2D eigenvalue weighted by atomic mass is 19.4. The van der Waals surface area contributed by atoms with Crippen molar-refractivity contribution in [3.05, 3.63) is 41.7 Å². The fourth-order valence-corrected chi connectivity index (χ4v) is 3.31. The van der Waals surface area contributed by atoms with E-state index in [2.05, 4.69) is 23.8 Å². The molecule has 0 aliphatic carbocycles. The molecule has 2 saturated heterocycles. The first-order chi connectivity index (χ1) is 14.3. The van der Waals surface area contributed by atoms with E-state index < -0.39 is 24.2 Å². The van der Waals surface area contributed by atoms with Crippen molar-refractivity contribution < 1.29 is 41.2 Å². The van der Waals surface area contributed by atoms with Gasteiger partial charge < -0.3 is 23.7 Å². The number of benzene rings is 1. The van der Waals surface area contributed by atoms with E-state index >= 15 is 0 Å². The number of halogens is 4. The third-order valence-electron chi connectivity index (χ3n) is 4.87. The Morgan fingerprint density at radius 2 is 1.73 bits per heavy atom. The van der Waals surface area contributed by atoms with Gasteiger partial charge in [0.05, 0.1) is 26.4 Å². The molecule has 0 bridgehead atoms. The molecule has 1 aromatic rings. The molecular weight excluding hydrogens is 408 g/mol. The van der Waals surface area contributed by atoms with Crippen molar-refractivity contribution in [2.45, 2.75) is 45.1 Å². The molecule has 2 heterocycles. The van der Waals surface area contributed by atoms with Gasteiger partial charge in [0.2, 0.25) is 0 Å². The van der Waals surface area contributed by atoms with Gasteiger partial charge in [-0.1, -0.05) is 25.1 Å². The molecule has 0 amide bonds. The minimum atomic E-state index is -4.95. The Bertz CT molecular complexity index is 693. The first-order valence-electron chi connectivity index (χ1n) is 10.0. The van der Waals surface area contributed by atoms with Crippen LogP contribution in [-0.2, 0) is 18.9 Å². The van der Waals surface area contributed by atoms with Crippen LogP contribution in [0.15, 0.2) is 30.4 Å². The first kappa shape index (κ1) is 23.0. The molecule has 2 aliphatic rings. The molecule has 0 saturated carbocycles. The average molecular weight is 434 g/mol. The van der Waals surface area contributed by atoms with Gasteiger partial charge in [0.15, 0.2) is 24.1 Å². The topological polar surface area (TPSA) is 46.2 Å². The molecule has 2 fully saturated rings. The number of allylic oxidation sites excluding steroid dienone is 1. The maximum absolute atomic E-state index is 13.9. The molecule has 0 spiro atoms. The monoisotopic (exact) mass is 434 g/mol. The van der Waals surface area contributed by atoms with Gasteiger partial charge in [-0.3, -0.25) is 0 Å². The van der Waals surface area contributed by atoms with Gasteiger partial charge in [-0.2, -0.15) is 0 Å². The van der Waals surface area contributed by atoms with E-state index in [4.69, 9.17) is 18.9 Å². The van der Waals surface area contributed by atoms with E-state index in [1.807, 2.05) is 0 Å². The summed E-state index contributed by atoms with van der Waals surface area (Å²) in [5.74, 6) is -1.60. The maximum atomic E-state index is 13.9. The van der Waals surface area contributed by atoms with E-state index in [9.17, 15) is 17.6 Å². The number of alkyl halides is 3. The lowest BCUT2D eigenvalue weighted by atomic mass is 10.0. The summed E-state index contributed by atoms with van der Waals surface area (Å²) in [6.45, 7) is 4.14. The highest BCUT2D eigenvalue weighted by Gasteiger charge is 2.33. The van der Waals surface area contributed by atoms with Crippen molar-refractivity contribution in [2.24, 2.45) is 11.8 Å². The Labute approximate surface area is 172 Å². The van der Waals surface area contributed by atoms with Crippen LogP contribution in [0.1, 0.15) is 38.0 Å². The second kappa shape index (κ2) is 10.6. The van der Waals surface area contributed by atoms with Crippen LogP contribution in [0.5, 0.6) is 5.75 Å². The van der Waals surface area contributed by atoms with Gasteiger partial charge in [-0.25, -0.2) is 4.39 Å². The molecule has 30 heavy (non-hydrogen) atoms. The maximum Gasteiger partial charge on any atom is 0.573 e. The molecule has 0 aromatic heterocycles. The summed E-state index contributed by atoms with van der Waals surface area (Å²) >= 11 is 0. The minimum absolute atomic E-state index is 0.129. The normalized spacial score (nSPS) is 28.0. The van der Waals surface area contributed by atoms with Crippen molar-refractivity contribution >= 4 is 0 Å². The zero-order valence-electron chi connectivity index (χ0n) is 16.7. The minimum Gasteiger partial charge on any atom is -0.403 e. The van der Waals surface area contributed by atoms with Gasteiger partial charge in [0.25, 0.3) is 0 Å². The third-order valence-corrected chi connectivity index (χ3v) is 4.87. The first-order valence-corrected chi connectivity index (χ1v) is 10.0. The number of hydrogen-bond donors (Lipinski definition) is 0. The van der Waals surface area contributed by atoms with Crippen LogP contribution in [-0.4, -0.2) is 39.1 Å². The largest absolute Gasteiger partial charge is 0.573 e. The van der Waals surface area contributed by atoms with Crippen LogP contribution in [0.3, 0.4) is 0 Å². The second-order valence-corrected chi connectivity index (χ2v) is 7.37. The summed E-state index contributed by atoms with van der Waals surface area (Å²) in [7, 11) is 0. The van der Waals surface area contributed by atoms with Crippen molar-refractivity contribution in [1.82, 2.24) is 0 Å². The molecule has 5 nitrogen and oxygen atoms in total. The molecule has 0 radical (unpaired) electrons. The van der Waals surface area contributed by atoms with Crippen molar-refractivity contribution in [2.75, 3.05) is 26.4 Å².